The first kappa shape index (κ1) is 14.7. The molecule has 0 bridgehead atoms. The van der Waals surface area contributed by atoms with Gasteiger partial charge in [-0.15, -0.1) is 5.06 Å². The van der Waals surface area contributed by atoms with Crippen LogP contribution in [0.25, 0.3) is 0 Å². The first-order valence-corrected chi connectivity index (χ1v) is 7.00. The zero-order chi connectivity index (χ0) is 14.4. The van der Waals surface area contributed by atoms with Crippen molar-refractivity contribution in [1.82, 2.24) is 5.06 Å². The molecule has 1 aliphatic heterocycles. The highest BCUT2D eigenvalue weighted by Gasteiger charge is 2.32. The van der Waals surface area contributed by atoms with E-state index in [0.717, 1.165) is 32.1 Å². The molecule has 1 fully saturated rings. The summed E-state index contributed by atoms with van der Waals surface area (Å²) in [7, 11) is 0. The van der Waals surface area contributed by atoms with Gasteiger partial charge in [0.15, 0.2) is 0 Å². The number of carbonyl (C=O) groups is 3. The predicted molar refractivity (Wildman–Crippen MR) is 69.1 cm³/mol. The molecule has 2 amide bonds. The summed E-state index contributed by atoms with van der Waals surface area (Å²) < 4.78 is 5.50. The number of nitrogens with zero attached hydrogens (tertiary/aromatic N) is 1. The van der Waals surface area contributed by atoms with Crippen molar-refractivity contribution in [3.05, 3.63) is 12.2 Å². The molecule has 0 aromatic rings. The van der Waals surface area contributed by atoms with Crippen LogP contribution in [0.3, 0.4) is 0 Å². The van der Waals surface area contributed by atoms with Gasteiger partial charge >= 0.3 is 5.97 Å². The minimum Gasteiger partial charge on any atom is -0.366 e. The fraction of sp³-hybridized carbons (Fsp3) is 0.643. The SMILES string of the molecule is O=C(CO[C@H]1CC/C=C/CCC1)ON1C(=O)CCC1=O. The summed E-state index contributed by atoms with van der Waals surface area (Å²) in [5.41, 5.74) is 0. The van der Waals surface area contributed by atoms with Crippen molar-refractivity contribution in [2.75, 3.05) is 6.61 Å². The van der Waals surface area contributed by atoms with E-state index in [1.54, 1.807) is 0 Å². The summed E-state index contributed by atoms with van der Waals surface area (Å²) in [4.78, 5) is 38.9. The molecule has 1 heterocycles. The summed E-state index contributed by atoms with van der Waals surface area (Å²) in [5.74, 6) is -1.65. The quantitative estimate of drug-likeness (QED) is 0.576. The van der Waals surface area contributed by atoms with Crippen molar-refractivity contribution in [3.63, 3.8) is 0 Å². The summed E-state index contributed by atoms with van der Waals surface area (Å²) in [6.45, 7) is -0.231. The number of rotatable bonds is 4. The van der Waals surface area contributed by atoms with Crippen molar-refractivity contribution in [3.8, 4) is 0 Å². The van der Waals surface area contributed by atoms with Crippen molar-refractivity contribution >= 4 is 17.8 Å². The number of ether oxygens (including phenoxy) is 1. The highest BCUT2D eigenvalue weighted by molar-refractivity contribution is 6.01. The molecule has 2 aliphatic rings. The molecule has 110 valence electrons. The molecule has 6 heteroatoms. The van der Waals surface area contributed by atoms with E-state index in [0.29, 0.717) is 5.06 Å². The molecule has 0 N–H and O–H groups in total. The maximum absolute atomic E-state index is 11.6. The van der Waals surface area contributed by atoms with E-state index in [1.165, 1.54) is 0 Å². The van der Waals surface area contributed by atoms with Crippen LogP contribution in [0.15, 0.2) is 12.2 Å². The summed E-state index contributed by atoms with van der Waals surface area (Å²) in [6, 6.07) is 0. The Hall–Kier alpha value is -1.69. The predicted octanol–water partition coefficient (Wildman–Crippen LogP) is 1.50. The summed E-state index contributed by atoms with van der Waals surface area (Å²) >= 11 is 0. The number of imide groups is 1. The maximum atomic E-state index is 11.6. The Morgan fingerprint density at radius 3 is 2.60 bits per heavy atom. The van der Waals surface area contributed by atoms with Gasteiger partial charge in [-0.3, -0.25) is 9.59 Å². The third kappa shape index (κ3) is 4.16. The van der Waals surface area contributed by atoms with Crippen LogP contribution in [0, 0.1) is 0 Å². The molecule has 1 atom stereocenters. The van der Waals surface area contributed by atoms with E-state index >= 15 is 0 Å². The minimum atomic E-state index is -0.703. The molecule has 0 unspecified atom stereocenters. The molecule has 0 aromatic heterocycles. The number of carbonyl (C=O) groups excluding carboxylic acids is 3. The van der Waals surface area contributed by atoms with Crippen LogP contribution in [0.1, 0.15) is 44.9 Å². The number of allylic oxidation sites excluding steroid dienone is 2. The first-order chi connectivity index (χ1) is 9.66. The average Bonchev–Trinajstić information content (AvgIpc) is 2.69. The first-order valence-electron chi connectivity index (χ1n) is 7.00. The Labute approximate surface area is 117 Å². The lowest BCUT2D eigenvalue weighted by atomic mass is 10.0. The van der Waals surface area contributed by atoms with E-state index in [9.17, 15) is 14.4 Å². The molecule has 1 aliphatic carbocycles. The van der Waals surface area contributed by atoms with E-state index in [2.05, 4.69) is 12.2 Å². The smallest absolute Gasteiger partial charge is 0.358 e. The van der Waals surface area contributed by atoms with Gasteiger partial charge < -0.3 is 9.57 Å². The van der Waals surface area contributed by atoms with Crippen LogP contribution in [0.5, 0.6) is 0 Å². The van der Waals surface area contributed by atoms with Gasteiger partial charge in [-0.1, -0.05) is 12.2 Å². The van der Waals surface area contributed by atoms with E-state index < -0.39 is 17.8 Å². The Kier molecular flexibility index (Phi) is 5.29. The van der Waals surface area contributed by atoms with Crippen molar-refractivity contribution in [2.45, 2.75) is 51.0 Å². The van der Waals surface area contributed by atoms with Gasteiger partial charge in [0, 0.05) is 12.8 Å². The third-order valence-corrected chi connectivity index (χ3v) is 3.35. The fourth-order valence-electron chi connectivity index (χ4n) is 2.26. The summed E-state index contributed by atoms with van der Waals surface area (Å²) in [5, 5.41) is 0.548. The van der Waals surface area contributed by atoms with Crippen LogP contribution in [0.2, 0.25) is 0 Å². The molecular weight excluding hydrogens is 262 g/mol. The molecule has 0 aromatic carbocycles. The molecule has 0 radical (unpaired) electrons. The Morgan fingerprint density at radius 1 is 1.15 bits per heavy atom. The van der Waals surface area contributed by atoms with Crippen LogP contribution >= 0.6 is 0 Å². The monoisotopic (exact) mass is 281 g/mol. The Balaban J connectivity index is 1.73. The van der Waals surface area contributed by atoms with Gasteiger partial charge in [-0.05, 0) is 32.1 Å². The lowest BCUT2D eigenvalue weighted by molar-refractivity contribution is -0.201. The largest absolute Gasteiger partial charge is 0.366 e. The van der Waals surface area contributed by atoms with Crippen LogP contribution in [-0.2, 0) is 24.0 Å². The minimum absolute atomic E-state index is 0.0254. The number of hydrogen-bond donors (Lipinski definition) is 0. The number of hydroxylamine groups is 2. The fourth-order valence-corrected chi connectivity index (χ4v) is 2.26. The Bertz CT molecular complexity index is 402. The van der Waals surface area contributed by atoms with Crippen LogP contribution in [0.4, 0.5) is 0 Å². The average molecular weight is 281 g/mol. The second-order valence-electron chi connectivity index (χ2n) is 4.96. The standard InChI is InChI=1S/C14H19NO5/c16-12-8-9-13(17)15(12)20-14(18)10-19-11-6-4-2-1-3-5-7-11/h1-2,11H,3-10H2/b2-1+/t11-/m0/s1. The Morgan fingerprint density at radius 2 is 1.85 bits per heavy atom. The zero-order valence-corrected chi connectivity index (χ0v) is 11.4. The molecule has 2 rings (SSSR count). The van der Waals surface area contributed by atoms with Crippen molar-refractivity contribution in [1.29, 1.82) is 0 Å². The zero-order valence-electron chi connectivity index (χ0n) is 11.4. The molecule has 6 nitrogen and oxygen atoms in total. The van der Waals surface area contributed by atoms with E-state index in [-0.39, 0.29) is 25.6 Å². The van der Waals surface area contributed by atoms with Gasteiger partial charge in [0.25, 0.3) is 11.8 Å². The van der Waals surface area contributed by atoms with Crippen LogP contribution < -0.4 is 0 Å². The lowest BCUT2D eigenvalue weighted by Crippen LogP contribution is -2.34. The number of amides is 2. The third-order valence-electron chi connectivity index (χ3n) is 3.35. The van der Waals surface area contributed by atoms with E-state index in [4.69, 9.17) is 9.57 Å². The van der Waals surface area contributed by atoms with Crippen molar-refractivity contribution < 1.29 is 24.0 Å². The van der Waals surface area contributed by atoms with Gasteiger partial charge in [-0.25, -0.2) is 4.79 Å². The maximum Gasteiger partial charge on any atom is 0.358 e. The molecular formula is C14H19NO5. The second kappa shape index (κ2) is 7.19. The van der Waals surface area contributed by atoms with Gasteiger partial charge in [0.05, 0.1) is 6.10 Å². The molecule has 20 heavy (non-hydrogen) atoms. The van der Waals surface area contributed by atoms with Gasteiger partial charge in [0.2, 0.25) is 0 Å². The van der Waals surface area contributed by atoms with Crippen LogP contribution in [-0.4, -0.2) is 35.6 Å². The van der Waals surface area contributed by atoms with E-state index in [1.807, 2.05) is 0 Å². The molecule has 0 saturated carbocycles. The number of hydrogen-bond acceptors (Lipinski definition) is 5. The topological polar surface area (TPSA) is 72.9 Å². The normalized spacial score (nSPS) is 25.2. The van der Waals surface area contributed by atoms with Gasteiger partial charge in [-0.2, -0.15) is 0 Å². The lowest BCUT2D eigenvalue weighted by Gasteiger charge is -2.18. The van der Waals surface area contributed by atoms with Gasteiger partial charge in [0.1, 0.15) is 6.61 Å². The molecule has 0 spiro atoms. The highest BCUT2D eigenvalue weighted by Crippen LogP contribution is 2.16. The second-order valence-corrected chi connectivity index (χ2v) is 4.96. The highest BCUT2D eigenvalue weighted by atomic mass is 16.7. The van der Waals surface area contributed by atoms with Crippen molar-refractivity contribution in [2.24, 2.45) is 0 Å². The summed E-state index contributed by atoms with van der Waals surface area (Å²) in [6.07, 6.45) is 9.26. The molecule has 1 saturated heterocycles.